The molecule has 2 N–H and O–H groups in total. The van der Waals surface area contributed by atoms with Crippen molar-refractivity contribution in [1.29, 1.82) is 0 Å². The molecule has 0 unspecified atom stereocenters. The topological polar surface area (TPSA) is 83.8 Å². The number of amides is 1. The maximum absolute atomic E-state index is 12.2. The Bertz CT molecular complexity index is 1060. The van der Waals surface area contributed by atoms with Gasteiger partial charge in [-0.25, -0.2) is 0 Å². The molecule has 130 valence electrons. The van der Waals surface area contributed by atoms with Crippen LogP contribution in [0.2, 0.25) is 5.02 Å². The van der Waals surface area contributed by atoms with Crippen molar-refractivity contribution < 1.29 is 9.32 Å². The summed E-state index contributed by atoms with van der Waals surface area (Å²) < 4.78 is 5.15. The lowest BCUT2D eigenvalue weighted by Crippen LogP contribution is -2.26. The van der Waals surface area contributed by atoms with E-state index < -0.39 is 0 Å². The first-order valence-corrected chi connectivity index (χ1v) is 8.51. The minimum Gasteiger partial charge on any atom is -0.361 e. The van der Waals surface area contributed by atoms with E-state index in [1.807, 2.05) is 54.7 Å². The van der Waals surface area contributed by atoms with E-state index in [0.717, 1.165) is 22.0 Å². The molecule has 4 aromatic rings. The van der Waals surface area contributed by atoms with E-state index in [2.05, 4.69) is 20.4 Å². The second-order valence-electron chi connectivity index (χ2n) is 5.80. The maximum atomic E-state index is 12.2. The smallest absolute Gasteiger partial charge is 0.292 e. The number of fused-ring (bicyclic) bond motifs is 1. The van der Waals surface area contributed by atoms with Gasteiger partial charge in [-0.05, 0) is 42.3 Å². The van der Waals surface area contributed by atoms with Crippen molar-refractivity contribution in [2.24, 2.45) is 0 Å². The van der Waals surface area contributed by atoms with Gasteiger partial charge in [0.05, 0.1) is 0 Å². The zero-order chi connectivity index (χ0) is 17.9. The second kappa shape index (κ2) is 7.01. The molecule has 0 saturated carbocycles. The van der Waals surface area contributed by atoms with E-state index in [9.17, 15) is 4.79 Å². The first-order valence-electron chi connectivity index (χ1n) is 8.13. The standard InChI is InChI=1S/C19H15ClN4O2/c20-14-6-7-16-15(10-14)13(11-22-16)8-9-21-18(25)17-23-19(26-24-17)12-4-2-1-3-5-12/h1-7,10-11,22H,8-9H2,(H,21,25). The Morgan fingerprint density at radius 3 is 2.88 bits per heavy atom. The van der Waals surface area contributed by atoms with E-state index in [1.54, 1.807) is 0 Å². The van der Waals surface area contributed by atoms with Crippen LogP contribution in [-0.4, -0.2) is 27.6 Å². The van der Waals surface area contributed by atoms with Crippen molar-refractivity contribution in [3.05, 3.63) is 71.1 Å². The lowest BCUT2D eigenvalue weighted by atomic mass is 10.1. The fourth-order valence-electron chi connectivity index (χ4n) is 2.76. The number of hydrogen-bond donors (Lipinski definition) is 2. The third-order valence-electron chi connectivity index (χ3n) is 4.06. The summed E-state index contributed by atoms with van der Waals surface area (Å²) >= 11 is 6.05. The van der Waals surface area contributed by atoms with E-state index in [4.69, 9.17) is 16.1 Å². The number of carbonyl (C=O) groups is 1. The Morgan fingerprint density at radius 2 is 2.04 bits per heavy atom. The largest absolute Gasteiger partial charge is 0.361 e. The van der Waals surface area contributed by atoms with E-state index in [-0.39, 0.29) is 11.7 Å². The zero-order valence-corrected chi connectivity index (χ0v) is 14.5. The Kier molecular flexibility index (Phi) is 4.41. The van der Waals surface area contributed by atoms with Crippen molar-refractivity contribution in [1.82, 2.24) is 20.4 Å². The van der Waals surface area contributed by atoms with Gasteiger partial charge in [0, 0.05) is 34.2 Å². The first-order chi connectivity index (χ1) is 12.7. The Hall–Kier alpha value is -3.12. The molecule has 1 amide bonds. The Balaban J connectivity index is 1.40. The number of hydrogen-bond acceptors (Lipinski definition) is 4. The predicted octanol–water partition coefficient (Wildman–Crippen LogP) is 3.84. The van der Waals surface area contributed by atoms with Crippen LogP contribution >= 0.6 is 11.6 Å². The molecule has 2 heterocycles. The average molecular weight is 367 g/mol. The number of halogens is 1. The van der Waals surface area contributed by atoms with Crippen molar-refractivity contribution in [3.8, 4) is 11.5 Å². The van der Waals surface area contributed by atoms with E-state index in [0.29, 0.717) is 23.9 Å². The molecule has 7 heteroatoms. The molecule has 2 aromatic carbocycles. The molecule has 0 radical (unpaired) electrons. The molecule has 0 aliphatic carbocycles. The SMILES string of the molecule is O=C(NCCc1c[nH]c2ccc(Cl)cc12)c1noc(-c2ccccc2)n1. The molecule has 0 fully saturated rings. The van der Waals surface area contributed by atoms with Crippen LogP contribution in [0.25, 0.3) is 22.4 Å². The molecule has 0 bridgehead atoms. The van der Waals surface area contributed by atoms with Crippen LogP contribution in [-0.2, 0) is 6.42 Å². The third-order valence-corrected chi connectivity index (χ3v) is 4.29. The van der Waals surface area contributed by atoms with Crippen molar-refractivity contribution in [2.45, 2.75) is 6.42 Å². The van der Waals surface area contributed by atoms with Crippen molar-refractivity contribution in [2.75, 3.05) is 6.54 Å². The van der Waals surface area contributed by atoms with Gasteiger partial charge in [-0.1, -0.05) is 35.0 Å². The molecule has 0 aliphatic rings. The Labute approximate surface area is 154 Å². The molecule has 26 heavy (non-hydrogen) atoms. The molecule has 0 aliphatic heterocycles. The van der Waals surface area contributed by atoms with Crippen LogP contribution in [0.1, 0.15) is 16.2 Å². The summed E-state index contributed by atoms with van der Waals surface area (Å²) in [5.74, 6) is -0.0263. The summed E-state index contributed by atoms with van der Waals surface area (Å²) in [5, 5.41) is 8.29. The van der Waals surface area contributed by atoms with Crippen molar-refractivity contribution >= 4 is 28.4 Å². The monoisotopic (exact) mass is 366 g/mol. The summed E-state index contributed by atoms with van der Waals surface area (Å²) in [5.41, 5.74) is 2.87. The van der Waals surface area contributed by atoms with Crippen LogP contribution in [0, 0.1) is 0 Å². The zero-order valence-electron chi connectivity index (χ0n) is 13.7. The fraction of sp³-hybridized carbons (Fsp3) is 0.105. The first kappa shape index (κ1) is 16.4. The van der Waals surface area contributed by atoms with Gasteiger partial charge < -0.3 is 14.8 Å². The van der Waals surface area contributed by atoms with Crippen LogP contribution in [0.3, 0.4) is 0 Å². The minimum absolute atomic E-state index is 0.0193. The van der Waals surface area contributed by atoms with Gasteiger partial charge in [0.2, 0.25) is 0 Å². The van der Waals surface area contributed by atoms with Gasteiger partial charge in [-0.3, -0.25) is 4.79 Å². The Morgan fingerprint density at radius 1 is 1.19 bits per heavy atom. The predicted molar refractivity (Wildman–Crippen MR) is 99.1 cm³/mol. The molecule has 0 spiro atoms. The van der Waals surface area contributed by atoms with Crippen LogP contribution in [0.5, 0.6) is 0 Å². The number of H-pyrrole nitrogens is 1. The second-order valence-corrected chi connectivity index (χ2v) is 6.24. The lowest BCUT2D eigenvalue weighted by molar-refractivity contribution is 0.0941. The lowest BCUT2D eigenvalue weighted by Gasteiger charge is -2.02. The summed E-state index contributed by atoms with van der Waals surface area (Å²) in [6.45, 7) is 0.452. The molecule has 6 nitrogen and oxygen atoms in total. The summed E-state index contributed by atoms with van der Waals surface area (Å²) in [4.78, 5) is 19.6. The quantitative estimate of drug-likeness (QED) is 0.562. The van der Waals surface area contributed by atoms with Gasteiger partial charge in [0.25, 0.3) is 17.6 Å². The summed E-state index contributed by atoms with van der Waals surface area (Å²) in [6.07, 6.45) is 2.59. The number of nitrogens with zero attached hydrogens (tertiary/aromatic N) is 2. The van der Waals surface area contributed by atoms with Crippen LogP contribution in [0.15, 0.2) is 59.3 Å². The number of aromatic nitrogens is 3. The number of carbonyl (C=O) groups excluding carboxylic acids is 1. The average Bonchev–Trinajstić information content (AvgIpc) is 3.30. The van der Waals surface area contributed by atoms with E-state index >= 15 is 0 Å². The third kappa shape index (κ3) is 3.32. The highest BCUT2D eigenvalue weighted by Gasteiger charge is 2.15. The molecular formula is C19H15ClN4O2. The highest BCUT2D eigenvalue weighted by Crippen LogP contribution is 2.22. The normalized spacial score (nSPS) is 11.0. The van der Waals surface area contributed by atoms with Gasteiger partial charge in [0.15, 0.2) is 0 Å². The van der Waals surface area contributed by atoms with Gasteiger partial charge >= 0.3 is 0 Å². The molecule has 0 atom stereocenters. The number of rotatable bonds is 5. The number of benzene rings is 2. The molecule has 4 rings (SSSR count). The highest BCUT2D eigenvalue weighted by atomic mass is 35.5. The van der Waals surface area contributed by atoms with Gasteiger partial charge in [0.1, 0.15) is 0 Å². The van der Waals surface area contributed by atoms with E-state index in [1.165, 1.54) is 0 Å². The molecule has 2 aromatic heterocycles. The van der Waals surface area contributed by atoms with Gasteiger partial charge in [-0.2, -0.15) is 4.98 Å². The highest BCUT2D eigenvalue weighted by molar-refractivity contribution is 6.31. The summed E-state index contributed by atoms with van der Waals surface area (Å²) in [7, 11) is 0. The molecular weight excluding hydrogens is 352 g/mol. The van der Waals surface area contributed by atoms with Crippen LogP contribution < -0.4 is 5.32 Å². The van der Waals surface area contributed by atoms with Gasteiger partial charge in [-0.15, -0.1) is 0 Å². The maximum Gasteiger partial charge on any atom is 0.292 e. The number of nitrogens with one attached hydrogen (secondary N) is 2. The minimum atomic E-state index is -0.367. The number of aromatic amines is 1. The van der Waals surface area contributed by atoms with Crippen molar-refractivity contribution in [3.63, 3.8) is 0 Å². The van der Waals surface area contributed by atoms with Crippen LogP contribution in [0.4, 0.5) is 0 Å². The molecule has 0 saturated heterocycles. The fourth-order valence-corrected chi connectivity index (χ4v) is 2.93. The summed E-state index contributed by atoms with van der Waals surface area (Å²) in [6, 6.07) is 15.0.